The molecule has 3 rings (SSSR count). The fourth-order valence-electron chi connectivity index (χ4n) is 3.28. The minimum absolute atomic E-state index is 0. The Hall–Kier alpha value is 1.26. The van der Waals surface area contributed by atoms with Gasteiger partial charge in [0.2, 0.25) is 0 Å². The average molecular weight is 322 g/mol. The van der Waals surface area contributed by atoms with Crippen LogP contribution < -0.4 is 68.9 Å². The number of fused-ring (bicyclic) bond motifs is 2. The molecule has 0 N–H and O–H groups in total. The van der Waals surface area contributed by atoms with E-state index in [9.17, 15) is 0 Å². The van der Waals surface area contributed by atoms with E-state index in [4.69, 9.17) is 0 Å². The van der Waals surface area contributed by atoms with E-state index in [0.29, 0.717) is 5.41 Å². The molecule has 2 nitrogen and oxygen atoms in total. The number of aryl methyl sites for hydroxylation is 2. The van der Waals surface area contributed by atoms with Gasteiger partial charge in [0.1, 0.15) is 0 Å². The van der Waals surface area contributed by atoms with Crippen LogP contribution in [0, 0.1) is 6.20 Å². The Balaban J connectivity index is 0.000000853. The molecule has 1 aromatic heterocycles. The quantitative estimate of drug-likeness (QED) is 0.582. The molecule has 0 amide bonds. The Labute approximate surface area is 151 Å². The Kier molecular flexibility index (Phi) is 4.12. The molecule has 2 aliphatic rings. The third-order valence-electron chi connectivity index (χ3n) is 4.00. The second-order valence-electron chi connectivity index (χ2n) is 4.90. The van der Waals surface area contributed by atoms with Crippen LogP contribution >= 0.6 is 0 Å². The number of hydrogen-bond donors (Lipinski definition) is 0. The van der Waals surface area contributed by atoms with Gasteiger partial charge in [-0.25, -0.2) is 0 Å². The van der Waals surface area contributed by atoms with Crippen molar-refractivity contribution in [1.82, 2.24) is 9.78 Å². The summed E-state index contributed by atoms with van der Waals surface area (Å²) in [5.74, 6) is 0. The molecule has 1 fully saturated rings. The maximum absolute atomic E-state index is 4.63. The van der Waals surface area contributed by atoms with Gasteiger partial charge in [-0.15, -0.1) is 6.20 Å². The van der Waals surface area contributed by atoms with Crippen LogP contribution in [0.3, 0.4) is 0 Å². The first kappa shape index (κ1) is 12.7. The molecule has 0 saturated heterocycles. The number of hydrogen-bond acceptors (Lipinski definition) is 1. The first-order valence-corrected chi connectivity index (χ1v) is 5.76. The van der Waals surface area contributed by atoms with Gasteiger partial charge in [-0.05, 0) is 0 Å². The fraction of sp³-hybridized carbons (Fsp3) is 0.750. The van der Waals surface area contributed by atoms with E-state index in [0.717, 1.165) is 0 Å². The molecule has 15 heavy (non-hydrogen) atoms. The summed E-state index contributed by atoms with van der Waals surface area (Å²) in [7, 11) is 1.99. The van der Waals surface area contributed by atoms with Crippen molar-refractivity contribution in [3.63, 3.8) is 0 Å². The molecule has 0 radical (unpaired) electrons. The molecule has 3 heteroatoms. The molecule has 1 aromatic rings. The van der Waals surface area contributed by atoms with Gasteiger partial charge in [0, 0.05) is 7.05 Å². The molecule has 0 aliphatic heterocycles. The third-order valence-corrected chi connectivity index (χ3v) is 4.00. The second-order valence-corrected chi connectivity index (χ2v) is 4.90. The van der Waals surface area contributed by atoms with E-state index in [2.05, 4.69) is 11.3 Å². The van der Waals surface area contributed by atoms with Crippen molar-refractivity contribution in [3.05, 3.63) is 17.5 Å². The van der Waals surface area contributed by atoms with Crippen LogP contribution in [0.1, 0.15) is 49.8 Å². The molecular formula is C12H17CsN2. The van der Waals surface area contributed by atoms with Crippen molar-refractivity contribution >= 4 is 0 Å². The fourth-order valence-corrected chi connectivity index (χ4v) is 3.28. The maximum atomic E-state index is 4.63. The van der Waals surface area contributed by atoms with Crippen LogP contribution in [0.4, 0.5) is 0 Å². The first-order chi connectivity index (χ1) is 6.80. The van der Waals surface area contributed by atoms with Gasteiger partial charge in [-0.1, -0.05) is 56.1 Å². The standard InChI is InChI=1S/C12H17N2.Cs/c1-14-9-10-5-8-12(11(10)13-14)6-3-2-4-7-12;/h2-8H2,1H3;/q-1;+1. The predicted octanol–water partition coefficient (Wildman–Crippen LogP) is -0.628. The first-order valence-electron chi connectivity index (χ1n) is 5.76. The van der Waals surface area contributed by atoms with Crippen LogP contribution in [0.15, 0.2) is 0 Å². The van der Waals surface area contributed by atoms with Gasteiger partial charge in [0.05, 0.1) is 0 Å². The van der Waals surface area contributed by atoms with E-state index in [1.807, 2.05) is 11.7 Å². The van der Waals surface area contributed by atoms with Crippen molar-refractivity contribution < 1.29 is 68.9 Å². The summed E-state index contributed by atoms with van der Waals surface area (Å²) in [4.78, 5) is 0. The van der Waals surface area contributed by atoms with Gasteiger partial charge in [0.25, 0.3) is 0 Å². The monoisotopic (exact) mass is 322 g/mol. The number of rotatable bonds is 0. The topological polar surface area (TPSA) is 17.8 Å². The van der Waals surface area contributed by atoms with Gasteiger partial charge in [0.15, 0.2) is 0 Å². The predicted molar refractivity (Wildman–Crippen MR) is 55.1 cm³/mol. The van der Waals surface area contributed by atoms with Crippen molar-refractivity contribution in [2.45, 2.75) is 50.4 Å². The summed E-state index contributed by atoms with van der Waals surface area (Å²) in [6, 6.07) is 0. The van der Waals surface area contributed by atoms with Crippen molar-refractivity contribution in [1.29, 1.82) is 0 Å². The van der Waals surface area contributed by atoms with Gasteiger partial charge >= 0.3 is 68.9 Å². The maximum Gasteiger partial charge on any atom is 1.00 e. The Morgan fingerprint density at radius 2 is 1.93 bits per heavy atom. The van der Waals surface area contributed by atoms with Crippen LogP contribution in [-0.2, 0) is 18.9 Å². The van der Waals surface area contributed by atoms with E-state index < -0.39 is 0 Å². The van der Waals surface area contributed by atoms with Crippen molar-refractivity contribution in [3.8, 4) is 0 Å². The Morgan fingerprint density at radius 3 is 2.67 bits per heavy atom. The normalized spacial score (nSPS) is 22.5. The molecule has 0 bridgehead atoms. The minimum Gasteiger partial charge on any atom is -0.379 e. The summed E-state index contributed by atoms with van der Waals surface area (Å²) >= 11 is 0. The van der Waals surface area contributed by atoms with Gasteiger partial charge < -0.3 is 4.68 Å². The summed E-state index contributed by atoms with van der Waals surface area (Å²) in [5, 5.41) is 4.63. The SMILES string of the molecule is Cn1[c-]c2c(n1)C1(CCCCC1)CC2.[Cs+]. The Morgan fingerprint density at radius 1 is 1.20 bits per heavy atom. The summed E-state index contributed by atoms with van der Waals surface area (Å²) in [6.45, 7) is 0. The van der Waals surface area contributed by atoms with Gasteiger partial charge in [-0.3, -0.25) is 5.10 Å². The molecule has 1 saturated carbocycles. The van der Waals surface area contributed by atoms with Crippen molar-refractivity contribution in [2.24, 2.45) is 7.05 Å². The molecule has 1 heterocycles. The number of aromatic nitrogens is 2. The largest absolute Gasteiger partial charge is 1.00 e. The molecule has 1 spiro atoms. The van der Waals surface area contributed by atoms with Crippen LogP contribution in [0.5, 0.6) is 0 Å². The van der Waals surface area contributed by atoms with E-state index in [1.165, 1.54) is 56.2 Å². The zero-order valence-corrected chi connectivity index (χ0v) is 16.1. The average Bonchev–Trinajstić information content (AvgIpc) is 2.70. The van der Waals surface area contributed by atoms with E-state index >= 15 is 0 Å². The van der Waals surface area contributed by atoms with Crippen LogP contribution in [-0.4, -0.2) is 9.78 Å². The van der Waals surface area contributed by atoms with E-state index in [-0.39, 0.29) is 68.9 Å². The third kappa shape index (κ3) is 2.16. The molecule has 0 unspecified atom stereocenters. The minimum atomic E-state index is 0. The van der Waals surface area contributed by atoms with Crippen LogP contribution in [0.2, 0.25) is 0 Å². The van der Waals surface area contributed by atoms with Crippen molar-refractivity contribution in [2.75, 3.05) is 0 Å². The second kappa shape index (κ2) is 4.86. The molecule has 0 atom stereocenters. The smallest absolute Gasteiger partial charge is 0.379 e. The van der Waals surface area contributed by atoms with Crippen LogP contribution in [0.25, 0.3) is 0 Å². The molecule has 0 aromatic carbocycles. The zero-order valence-electron chi connectivity index (χ0n) is 9.84. The molecule has 76 valence electrons. The summed E-state index contributed by atoms with van der Waals surface area (Å²) in [5.41, 5.74) is 3.25. The summed E-state index contributed by atoms with van der Waals surface area (Å²) in [6.07, 6.45) is 12.8. The Bertz CT molecular complexity index is 351. The zero-order chi connectivity index (χ0) is 9.60. The van der Waals surface area contributed by atoms with Gasteiger partial charge in [-0.2, -0.15) is 5.56 Å². The van der Waals surface area contributed by atoms with E-state index in [1.54, 1.807) is 0 Å². The summed E-state index contributed by atoms with van der Waals surface area (Å²) < 4.78 is 1.88. The number of nitrogens with zero attached hydrogens (tertiary/aromatic N) is 2. The molecular weight excluding hydrogens is 305 g/mol. The molecule has 2 aliphatic carbocycles.